The lowest BCUT2D eigenvalue weighted by atomic mass is 10.3. The second-order valence-corrected chi connectivity index (χ2v) is 4.01. The normalized spacial score (nSPS) is 9.88. The van der Waals surface area contributed by atoms with Crippen molar-refractivity contribution in [1.29, 1.82) is 0 Å². The van der Waals surface area contributed by atoms with Gasteiger partial charge in [-0.2, -0.15) is 0 Å². The number of likely N-dealkylation sites (N-methyl/N-ethyl adjacent to an activating group) is 1. The van der Waals surface area contributed by atoms with E-state index in [2.05, 4.69) is 5.32 Å². The first-order valence-electron chi connectivity index (χ1n) is 5.39. The molecule has 0 aliphatic heterocycles. The quantitative estimate of drug-likeness (QED) is 0.879. The molecule has 0 radical (unpaired) electrons. The highest BCUT2D eigenvalue weighted by molar-refractivity contribution is 6.33. The smallest absolute Gasteiger partial charge is 0.241 e. The van der Waals surface area contributed by atoms with E-state index in [4.69, 9.17) is 16.3 Å². The summed E-state index contributed by atoms with van der Waals surface area (Å²) in [5.41, 5.74) is 0.698. The van der Waals surface area contributed by atoms with Crippen molar-refractivity contribution in [2.24, 2.45) is 0 Å². The summed E-state index contributed by atoms with van der Waals surface area (Å²) in [7, 11) is 3.35. The van der Waals surface area contributed by atoms with Gasteiger partial charge in [0.25, 0.3) is 0 Å². The van der Waals surface area contributed by atoms with E-state index < -0.39 is 0 Å². The van der Waals surface area contributed by atoms with Crippen LogP contribution in [0.3, 0.4) is 0 Å². The van der Waals surface area contributed by atoms with Gasteiger partial charge in [0.05, 0.1) is 24.4 Å². The van der Waals surface area contributed by atoms with Crippen molar-refractivity contribution in [2.45, 2.75) is 6.92 Å². The highest BCUT2D eigenvalue weighted by atomic mass is 35.5. The summed E-state index contributed by atoms with van der Waals surface area (Å²) in [6.07, 6.45) is 0. The molecule has 0 atom stereocenters. The number of anilines is 1. The summed E-state index contributed by atoms with van der Waals surface area (Å²) in [4.78, 5) is 13.2. The molecule has 0 saturated heterocycles. The zero-order chi connectivity index (χ0) is 12.8. The van der Waals surface area contributed by atoms with Gasteiger partial charge < -0.3 is 15.0 Å². The highest BCUT2D eigenvalue weighted by Gasteiger charge is 2.08. The lowest BCUT2D eigenvalue weighted by Gasteiger charge is -2.16. The third kappa shape index (κ3) is 3.82. The van der Waals surface area contributed by atoms with Gasteiger partial charge in [0.1, 0.15) is 5.75 Å². The number of nitrogens with one attached hydrogen (secondary N) is 1. The minimum atomic E-state index is 0.0198. The molecule has 17 heavy (non-hydrogen) atoms. The Balaban J connectivity index is 2.65. The van der Waals surface area contributed by atoms with Gasteiger partial charge >= 0.3 is 0 Å². The van der Waals surface area contributed by atoms with Crippen LogP contribution in [0, 0.1) is 0 Å². The number of carbonyl (C=O) groups excluding carboxylic acids is 1. The van der Waals surface area contributed by atoms with E-state index in [-0.39, 0.29) is 12.5 Å². The summed E-state index contributed by atoms with van der Waals surface area (Å²) in [5, 5.41) is 3.57. The topological polar surface area (TPSA) is 41.6 Å². The van der Waals surface area contributed by atoms with Crippen LogP contribution in [0.25, 0.3) is 0 Å². The minimum absolute atomic E-state index is 0.0198. The van der Waals surface area contributed by atoms with Crippen molar-refractivity contribution in [2.75, 3.05) is 32.6 Å². The Hall–Kier alpha value is -1.42. The number of methoxy groups -OCH3 is 1. The van der Waals surface area contributed by atoms with E-state index >= 15 is 0 Å². The SMILES string of the molecule is CCN(C)C(=O)CNc1cc(OC)ccc1Cl. The average molecular weight is 257 g/mol. The summed E-state index contributed by atoms with van der Waals surface area (Å²) in [6.45, 7) is 2.83. The molecule has 94 valence electrons. The molecule has 5 heteroatoms. The van der Waals surface area contributed by atoms with E-state index in [1.165, 1.54) is 0 Å². The number of halogens is 1. The van der Waals surface area contributed by atoms with E-state index in [1.54, 1.807) is 37.3 Å². The van der Waals surface area contributed by atoms with Crippen molar-refractivity contribution in [1.82, 2.24) is 4.90 Å². The van der Waals surface area contributed by atoms with Crippen LogP contribution in [-0.4, -0.2) is 38.1 Å². The largest absolute Gasteiger partial charge is 0.497 e. The van der Waals surface area contributed by atoms with E-state index in [1.807, 2.05) is 6.92 Å². The molecule has 1 N–H and O–H groups in total. The molecular weight excluding hydrogens is 240 g/mol. The molecule has 1 amide bonds. The van der Waals surface area contributed by atoms with E-state index in [9.17, 15) is 4.79 Å². The van der Waals surface area contributed by atoms with Gasteiger partial charge in [-0.15, -0.1) is 0 Å². The maximum Gasteiger partial charge on any atom is 0.241 e. The Morgan fingerprint density at radius 1 is 1.53 bits per heavy atom. The van der Waals surface area contributed by atoms with Crippen LogP contribution in [0.4, 0.5) is 5.69 Å². The Labute approximate surface area is 107 Å². The molecular formula is C12H17ClN2O2. The zero-order valence-electron chi connectivity index (χ0n) is 10.3. The minimum Gasteiger partial charge on any atom is -0.497 e. The van der Waals surface area contributed by atoms with Crippen molar-refractivity contribution < 1.29 is 9.53 Å². The maximum atomic E-state index is 11.6. The first-order valence-corrected chi connectivity index (χ1v) is 5.77. The summed E-state index contributed by atoms with van der Waals surface area (Å²) in [6, 6.07) is 5.27. The molecule has 0 aliphatic rings. The van der Waals surface area contributed by atoms with Crippen LogP contribution in [0.5, 0.6) is 5.75 Å². The second kappa shape index (κ2) is 6.35. The van der Waals surface area contributed by atoms with E-state index in [0.29, 0.717) is 23.0 Å². The van der Waals surface area contributed by atoms with Gasteiger partial charge in [-0.1, -0.05) is 11.6 Å². The maximum absolute atomic E-state index is 11.6. The zero-order valence-corrected chi connectivity index (χ0v) is 11.0. The molecule has 0 bridgehead atoms. The summed E-state index contributed by atoms with van der Waals surface area (Å²) >= 11 is 6.01. The highest BCUT2D eigenvalue weighted by Crippen LogP contribution is 2.26. The van der Waals surface area contributed by atoms with Crippen LogP contribution in [0.1, 0.15) is 6.92 Å². The molecule has 0 spiro atoms. The number of benzene rings is 1. The van der Waals surface area contributed by atoms with Crippen LogP contribution < -0.4 is 10.1 Å². The molecule has 1 aromatic rings. The van der Waals surface area contributed by atoms with Crippen molar-refractivity contribution in [3.05, 3.63) is 23.2 Å². The third-order valence-corrected chi connectivity index (χ3v) is 2.83. The lowest BCUT2D eigenvalue weighted by Crippen LogP contribution is -2.31. The first-order chi connectivity index (χ1) is 8.08. The van der Waals surface area contributed by atoms with Gasteiger partial charge in [-0.05, 0) is 19.1 Å². The Morgan fingerprint density at radius 3 is 2.82 bits per heavy atom. The average Bonchev–Trinajstić information content (AvgIpc) is 2.36. The number of carbonyl (C=O) groups is 1. The number of amides is 1. The molecule has 0 aliphatic carbocycles. The number of ether oxygens (including phenoxy) is 1. The number of hydrogen-bond donors (Lipinski definition) is 1. The fourth-order valence-corrected chi connectivity index (χ4v) is 1.43. The fraction of sp³-hybridized carbons (Fsp3) is 0.417. The number of rotatable bonds is 5. The van der Waals surface area contributed by atoms with Crippen molar-refractivity contribution in [3.8, 4) is 5.75 Å². The predicted octanol–water partition coefficient (Wildman–Crippen LogP) is 2.24. The van der Waals surface area contributed by atoms with Crippen LogP contribution in [0.2, 0.25) is 5.02 Å². The lowest BCUT2D eigenvalue weighted by molar-refractivity contribution is -0.127. The summed E-state index contributed by atoms with van der Waals surface area (Å²) in [5.74, 6) is 0.722. The first kappa shape index (κ1) is 13.6. The van der Waals surface area contributed by atoms with Gasteiger partial charge in [0.15, 0.2) is 0 Å². The molecule has 0 saturated carbocycles. The Morgan fingerprint density at radius 2 is 2.24 bits per heavy atom. The molecule has 1 rings (SSSR count). The second-order valence-electron chi connectivity index (χ2n) is 3.61. The van der Waals surface area contributed by atoms with Gasteiger partial charge in [0.2, 0.25) is 5.91 Å². The molecule has 0 unspecified atom stereocenters. The monoisotopic (exact) mass is 256 g/mol. The van der Waals surface area contributed by atoms with Crippen LogP contribution >= 0.6 is 11.6 Å². The third-order valence-electron chi connectivity index (χ3n) is 2.50. The molecule has 4 nitrogen and oxygen atoms in total. The molecule has 1 aromatic carbocycles. The standard InChI is InChI=1S/C12H17ClN2O2/c1-4-15(2)12(16)8-14-11-7-9(17-3)5-6-10(11)13/h5-7,14H,4,8H2,1-3H3. The van der Waals surface area contributed by atoms with Crippen LogP contribution in [-0.2, 0) is 4.79 Å². The Bertz CT molecular complexity index is 396. The van der Waals surface area contributed by atoms with Crippen LogP contribution in [0.15, 0.2) is 18.2 Å². The number of nitrogens with zero attached hydrogens (tertiary/aromatic N) is 1. The number of hydrogen-bond acceptors (Lipinski definition) is 3. The fourth-order valence-electron chi connectivity index (χ4n) is 1.25. The van der Waals surface area contributed by atoms with Crippen molar-refractivity contribution in [3.63, 3.8) is 0 Å². The Kier molecular flexibility index (Phi) is 5.10. The van der Waals surface area contributed by atoms with E-state index in [0.717, 1.165) is 0 Å². The van der Waals surface area contributed by atoms with Gasteiger partial charge in [-0.3, -0.25) is 4.79 Å². The predicted molar refractivity (Wildman–Crippen MR) is 69.8 cm³/mol. The molecule has 0 heterocycles. The molecule has 0 fully saturated rings. The van der Waals surface area contributed by atoms with Gasteiger partial charge in [0, 0.05) is 19.7 Å². The molecule has 0 aromatic heterocycles. The van der Waals surface area contributed by atoms with Gasteiger partial charge in [-0.25, -0.2) is 0 Å². The summed E-state index contributed by atoms with van der Waals surface area (Å²) < 4.78 is 5.09. The van der Waals surface area contributed by atoms with Crippen molar-refractivity contribution >= 4 is 23.2 Å².